The first kappa shape index (κ1) is 16.7. The molecule has 5 heteroatoms. The molecule has 122 valence electrons. The molecule has 1 aromatic carbocycles. The van der Waals surface area contributed by atoms with Gasteiger partial charge in [-0.15, -0.1) is 0 Å². The lowest BCUT2D eigenvalue weighted by Crippen LogP contribution is -2.18. The molecule has 0 unspecified atom stereocenters. The molecule has 0 atom stereocenters. The standard InChI is InChI=1S/C16H16N2O3.C2H6/c1-11-17(2)15(19)9-18(11)16-8-13(10-21-16)12-5-4-6-14(7-12)20-3;1-2/h4-8,10H,1,9H2,2-3H3;1-2H3. The number of hydrogen-bond donors (Lipinski definition) is 0. The van der Waals surface area contributed by atoms with Gasteiger partial charge in [0, 0.05) is 18.7 Å². The van der Waals surface area contributed by atoms with Crippen molar-refractivity contribution in [1.82, 2.24) is 4.90 Å². The number of methoxy groups -OCH3 is 1. The third-order valence-electron chi connectivity index (χ3n) is 3.62. The zero-order chi connectivity index (χ0) is 17.0. The minimum absolute atomic E-state index is 0.000620. The van der Waals surface area contributed by atoms with Gasteiger partial charge in [0.05, 0.1) is 7.11 Å². The predicted molar refractivity (Wildman–Crippen MR) is 91.3 cm³/mol. The fourth-order valence-electron chi connectivity index (χ4n) is 2.28. The normalized spacial score (nSPS) is 13.9. The van der Waals surface area contributed by atoms with Gasteiger partial charge in [-0.2, -0.15) is 0 Å². The molecule has 5 nitrogen and oxygen atoms in total. The predicted octanol–water partition coefficient (Wildman–Crippen LogP) is 3.73. The lowest BCUT2D eigenvalue weighted by molar-refractivity contribution is -0.124. The van der Waals surface area contributed by atoms with Crippen LogP contribution in [0.2, 0.25) is 0 Å². The Hall–Kier alpha value is -2.69. The summed E-state index contributed by atoms with van der Waals surface area (Å²) in [4.78, 5) is 15.0. The summed E-state index contributed by atoms with van der Waals surface area (Å²) in [6.07, 6.45) is 1.67. The van der Waals surface area contributed by atoms with Gasteiger partial charge < -0.3 is 14.1 Å². The smallest absolute Gasteiger partial charge is 0.247 e. The van der Waals surface area contributed by atoms with Gasteiger partial charge in [-0.25, -0.2) is 0 Å². The molecule has 0 bridgehead atoms. The molecular weight excluding hydrogens is 292 g/mol. The highest BCUT2D eigenvalue weighted by Gasteiger charge is 2.30. The Kier molecular flexibility index (Phi) is 5.11. The molecule has 1 amide bonds. The first-order chi connectivity index (χ1) is 11.1. The Labute approximate surface area is 136 Å². The van der Waals surface area contributed by atoms with Crippen LogP contribution in [0.3, 0.4) is 0 Å². The van der Waals surface area contributed by atoms with Gasteiger partial charge in [0.1, 0.15) is 24.4 Å². The highest BCUT2D eigenvalue weighted by molar-refractivity contribution is 5.88. The third kappa shape index (κ3) is 3.23. The van der Waals surface area contributed by atoms with E-state index in [-0.39, 0.29) is 12.5 Å². The zero-order valence-electron chi connectivity index (χ0n) is 14.0. The van der Waals surface area contributed by atoms with Crippen LogP contribution in [0, 0.1) is 0 Å². The first-order valence-electron chi connectivity index (χ1n) is 7.56. The van der Waals surface area contributed by atoms with Crippen LogP contribution in [0.4, 0.5) is 5.88 Å². The Balaban J connectivity index is 0.000000924. The fourth-order valence-corrected chi connectivity index (χ4v) is 2.28. The van der Waals surface area contributed by atoms with E-state index in [1.807, 2.05) is 44.2 Å². The van der Waals surface area contributed by atoms with E-state index in [0.717, 1.165) is 16.9 Å². The van der Waals surface area contributed by atoms with Gasteiger partial charge in [-0.05, 0) is 17.7 Å². The van der Waals surface area contributed by atoms with Crippen LogP contribution in [0.5, 0.6) is 5.75 Å². The molecule has 0 aliphatic carbocycles. The lowest BCUT2D eigenvalue weighted by Gasteiger charge is -2.16. The summed E-state index contributed by atoms with van der Waals surface area (Å²) in [6, 6.07) is 9.62. The van der Waals surface area contributed by atoms with Gasteiger partial charge in [0.2, 0.25) is 11.8 Å². The van der Waals surface area contributed by atoms with E-state index < -0.39 is 0 Å². The average molecular weight is 314 g/mol. The summed E-state index contributed by atoms with van der Waals surface area (Å²) in [7, 11) is 3.34. The Morgan fingerprint density at radius 3 is 2.57 bits per heavy atom. The number of ether oxygens (including phenoxy) is 1. The Morgan fingerprint density at radius 2 is 1.96 bits per heavy atom. The SMILES string of the molecule is C=C1N(C)C(=O)CN1c1cc(-c2cccc(OC)c2)co1.CC. The highest BCUT2D eigenvalue weighted by atomic mass is 16.5. The molecule has 1 saturated heterocycles. The van der Waals surface area contributed by atoms with Crippen LogP contribution in [0.25, 0.3) is 11.1 Å². The Bertz CT molecular complexity index is 706. The largest absolute Gasteiger partial charge is 0.497 e. The molecule has 0 radical (unpaired) electrons. The molecule has 23 heavy (non-hydrogen) atoms. The second kappa shape index (κ2) is 7.05. The van der Waals surface area contributed by atoms with Gasteiger partial charge in [-0.1, -0.05) is 32.6 Å². The maximum absolute atomic E-state index is 11.7. The Morgan fingerprint density at radius 1 is 1.22 bits per heavy atom. The average Bonchev–Trinajstić information content (AvgIpc) is 3.18. The van der Waals surface area contributed by atoms with E-state index >= 15 is 0 Å². The van der Waals surface area contributed by atoms with Crippen molar-refractivity contribution in [3.8, 4) is 16.9 Å². The zero-order valence-corrected chi connectivity index (χ0v) is 14.0. The summed E-state index contributed by atoms with van der Waals surface area (Å²) < 4.78 is 10.8. The molecule has 0 N–H and O–H groups in total. The van der Waals surface area contributed by atoms with Crippen LogP contribution >= 0.6 is 0 Å². The quantitative estimate of drug-likeness (QED) is 0.866. The summed E-state index contributed by atoms with van der Waals surface area (Å²) >= 11 is 0. The van der Waals surface area contributed by atoms with Gasteiger partial charge in [0.25, 0.3) is 0 Å². The number of carbonyl (C=O) groups excluding carboxylic acids is 1. The molecule has 3 rings (SSSR count). The number of carbonyl (C=O) groups is 1. The minimum atomic E-state index is -0.000620. The van der Waals surface area contributed by atoms with Crippen molar-refractivity contribution in [3.05, 3.63) is 49.0 Å². The van der Waals surface area contributed by atoms with Crippen molar-refractivity contribution in [2.45, 2.75) is 13.8 Å². The molecule has 2 heterocycles. The van der Waals surface area contributed by atoms with E-state index in [1.165, 1.54) is 4.90 Å². The molecule has 0 spiro atoms. The maximum atomic E-state index is 11.7. The van der Waals surface area contributed by atoms with Crippen LogP contribution in [0.1, 0.15) is 13.8 Å². The second-order valence-electron chi connectivity index (χ2n) is 4.86. The van der Waals surface area contributed by atoms with Crippen molar-refractivity contribution < 1.29 is 13.9 Å². The van der Waals surface area contributed by atoms with E-state index in [9.17, 15) is 4.79 Å². The van der Waals surface area contributed by atoms with Crippen LogP contribution < -0.4 is 9.64 Å². The summed E-state index contributed by atoms with van der Waals surface area (Å²) in [5, 5.41) is 0. The number of hydrogen-bond acceptors (Lipinski definition) is 4. The summed E-state index contributed by atoms with van der Waals surface area (Å²) in [6.45, 7) is 8.15. The van der Waals surface area contributed by atoms with E-state index in [0.29, 0.717) is 11.7 Å². The van der Waals surface area contributed by atoms with Crippen molar-refractivity contribution in [3.63, 3.8) is 0 Å². The molecule has 1 aliphatic heterocycles. The van der Waals surface area contributed by atoms with Crippen molar-refractivity contribution in [2.75, 3.05) is 25.6 Å². The first-order valence-corrected chi connectivity index (χ1v) is 7.56. The molecule has 1 fully saturated rings. The highest BCUT2D eigenvalue weighted by Crippen LogP contribution is 2.32. The van der Waals surface area contributed by atoms with Crippen LogP contribution in [0.15, 0.2) is 53.4 Å². The number of anilines is 1. The number of rotatable bonds is 3. The lowest BCUT2D eigenvalue weighted by atomic mass is 10.1. The number of amides is 1. The number of likely N-dealkylation sites (N-methyl/N-ethyl adjacent to an activating group) is 1. The van der Waals surface area contributed by atoms with Crippen molar-refractivity contribution in [1.29, 1.82) is 0 Å². The topological polar surface area (TPSA) is 45.9 Å². The third-order valence-corrected chi connectivity index (χ3v) is 3.62. The fraction of sp³-hybridized carbons (Fsp3) is 0.278. The maximum Gasteiger partial charge on any atom is 0.247 e. The minimum Gasteiger partial charge on any atom is -0.497 e. The molecule has 2 aromatic rings. The molecule has 1 aliphatic rings. The van der Waals surface area contributed by atoms with Crippen molar-refractivity contribution in [2.24, 2.45) is 0 Å². The second-order valence-corrected chi connectivity index (χ2v) is 4.86. The van der Waals surface area contributed by atoms with Gasteiger partial charge >= 0.3 is 0 Å². The van der Waals surface area contributed by atoms with Crippen LogP contribution in [-0.4, -0.2) is 31.5 Å². The monoisotopic (exact) mass is 314 g/mol. The number of nitrogens with zero attached hydrogens (tertiary/aromatic N) is 2. The van der Waals surface area contributed by atoms with Crippen LogP contribution in [-0.2, 0) is 4.79 Å². The number of furan rings is 1. The molecular formula is C18H22N2O3. The van der Waals surface area contributed by atoms with Crippen molar-refractivity contribution >= 4 is 11.8 Å². The number of benzene rings is 1. The molecule has 1 aromatic heterocycles. The van der Waals surface area contributed by atoms with Gasteiger partial charge in [-0.3, -0.25) is 9.69 Å². The van der Waals surface area contributed by atoms with Gasteiger partial charge in [0.15, 0.2) is 0 Å². The van der Waals surface area contributed by atoms with E-state index in [2.05, 4.69) is 6.58 Å². The van der Waals surface area contributed by atoms with E-state index in [1.54, 1.807) is 25.3 Å². The summed E-state index contributed by atoms with van der Waals surface area (Å²) in [5.41, 5.74) is 1.92. The summed E-state index contributed by atoms with van der Waals surface area (Å²) in [5.74, 6) is 2.01. The molecule has 0 saturated carbocycles. The van der Waals surface area contributed by atoms with E-state index in [4.69, 9.17) is 9.15 Å².